The zero-order chi connectivity index (χ0) is 12.4. The molecule has 2 aromatic rings. The Morgan fingerprint density at radius 2 is 2.29 bits per heavy atom. The van der Waals surface area contributed by atoms with Crippen LogP contribution in [0, 0.1) is 0 Å². The molecular weight excluding hydrogens is 238 g/mol. The Labute approximate surface area is 103 Å². The average Bonchev–Trinajstić information content (AvgIpc) is 2.96. The molecule has 90 valence electrons. The van der Waals surface area contributed by atoms with Gasteiger partial charge in [-0.05, 0) is 13.8 Å². The molecule has 0 fully saturated rings. The van der Waals surface area contributed by atoms with Gasteiger partial charge in [-0.3, -0.25) is 9.48 Å². The van der Waals surface area contributed by atoms with Crippen molar-refractivity contribution in [2.45, 2.75) is 19.9 Å². The van der Waals surface area contributed by atoms with Crippen LogP contribution in [-0.2, 0) is 0 Å². The summed E-state index contributed by atoms with van der Waals surface area (Å²) in [7, 11) is 1.53. The van der Waals surface area contributed by atoms with Crippen molar-refractivity contribution in [1.29, 1.82) is 0 Å². The van der Waals surface area contributed by atoms with Gasteiger partial charge in [0.05, 0.1) is 18.8 Å². The minimum atomic E-state index is -0.158. The number of ether oxygens (including phenoxy) is 1. The fourth-order valence-electron chi connectivity index (χ4n) is 1.55. The van der Waals surface area contributed by atoms with E-state index < -0.39 is 0 Å². The van der Waals surface area contributed by atoms with Gasteiger partial charge in [0.1, 0.15) is 5.69 Å². The quantitative estimate of drug-likeness (QED) is 0.781. The number of hydrogen-bond donors (Lipinski definition) is 0. The molecule has 0 bridgehead atoms. The lowest BCUT2D eigenvalue weighted by Gasteiger charge is -2.10. The lowest BCUT2D eigenvalue weighted by molar-refractivity contribution is 0.102. The van der Waals surface area contributed by atoms with Crippen molar-refractivity contribution < 1.29 is 9.53 Å². The Morgan fingerprint density at radius 1 is 1.53 bits per heavy atom. The lowest BCUT2D eigenvalue weighted by atomic mass is 10.2. The fraction of sp³-hybridized carbons (Fsp3) is 0.364. The minimum absolute atomic E-state index is 0.0940. The highest BCUT2D eigenvalue weighted by molar-refractivity contribution is 7.07. The van der Waals surface area contributed by atoms with Gasteiger partial charge in [-0.15, -0.1) is 11.3 Å². The van der Waals surface area contributed by atoms with Crippen LogP contribution in [0.2, 0.25) is 0 Å². The van der Waals surface area contributed by atoms with Crippen LogP contribution >= 0.6 is 11.3 Å². The molecule has 0 N–H and O–H groups in total. The van der Waals surface area contributed by atoms with Crippen molar-refractivity contribution in [3.8, 4) is 5.75 Å². The van der Waals surface area contributed by atoms with Crippen molar-refractivity contribution in [3.63, 3.8) is 0 Å². The number of carbonyl (C=O) groups excluding carboxylic acids is 1. The number of ketones is 1. The summed E-state index contributed by atoms with van der Waals surface area (Å²) in [5, 5.41) is 5.89. The predicted molar refractivity (Wildman–Crippen MR) is 64.7 cm³/mol. The molecule has 0 spiro atoms. The van der Waals surface area contributed by atoms with Gasteiger partial charge in [0.15, 0.2) is 11.4 Å². The Morgan fingerprint density at radius 3 is 2.82 bits per heavy atom. The van der Waals surface area contributed by atoms with E-state index in [1.807, 2.05) is 13.8 Å². The van der Waals surface area contributed by atoms with Crippen LogP contribution in [0.25, 0.3) is 0 Å². The zero-order valence-corrected chi connectivity index (χ0v) is 10.7. The van der Waals surface area contributed by atoms with Crippen molar-refractivity contribution in [1.82, 2.24) is 14.8 Å². The highest BCUT2D eigenvalue weighted by atomic mass is 32.1. The second-order valence-electron chi connectivity index (χ2n) is 3.80. The first-order valence-corrected chi connectivity index (χ1v) is 6.13. The van der Waals surface area contributed by atoms with E-state index >= 15 is 0 Å². The van der Waals surface area contributed by atoms with Gasteiger partial charge in [-0.25, -0.2) is 4.98 Å². The molecule has 0 aliphatic carbocycles. The number of rotatable bonds is 4. The van der Waals surface area contributed by atoms with Crippen LogP contribution in [0.15, 0.2) is 17.1 Å². The van der Waals surface area contributed by atoms with Gasteiger partial charge in [-0.1, -0.05) is 0 Å². The highest BCUT2D eigenvalue weighted by Crippen LogP contribution is 2.23. The van der Waals surface area contributed by atoms with Crippen LogP contribution in [0.5, 0.6) is 5.75 Å². The third-order valence-electron chi connectivity index (χ3n) is 2.35. The average molecular weight is 251 g/mol. The Hall–Kier alpha value is -1.69. The van der Waals surface area contributed by atoms with E-state index in [9.17, 15) is 4.79 Å². The Bertz CT molecular complexity index is 517. The van der Waals surface area contributed by atoms with Crippen molar-refractivity contribution in [2.24, 2.45) is 0 Å². The Kier molecular flexibility index (Phi) is 3.23. The Balaban J connectivity index is 2.49. The zero-order valence-electron chi connectivity index (χ0n) is 9.88. The molecule has 0 aliphatic rings. The first-order valence-electron chi connectivity index (χ1n) is 5.19. The molecule has 0 saturated carbocycles. The monoisotopic (exact) mass is 251 g/mol. The maximum atomic E-state index is 12.3. The maximum Gasteiger partial charge on any atom is 0.234 e. The van der Waals surface area contributed by atoms with Crippen molar-refractivity contribution >= 4 is 17.1 Å². The number of methoxy groups -OCH3 is 1. The second kappa shape index (κ2) is 4.67. The third-order valence-corrected chi connectivity index (χ3v) is 2.94. The van der Waals surface area contributed by atoms with E-state index in [0.29, 0.717) is 17.1 Å². The molecule has 2 heterocycles. The summed E-state index contributed by atoms with van der Waals surface area (Å²) >= 11 is 1.39. The first-order chi connectivity index (χ1) is 8.15. The van der Waals surface area contributed by atoms with Crippen LogP contribution in [-0.4, -0.2) is 27.7 Å². The number of aromatic nitrogens is 3. The van der Waals surface area contributed by atoms with Gasteiger partial charge in [0.2, 0.25) is 5.78 Å². The summed E-state index contributed by atoms with van der Waals surface area (Å²) < 4.78 is 6.82. The smallest absolute Gasteiger partial charge is 0.234 e. The highest BCUT2D eigenvalue weighted by Gasteiger charge is 2.23. The third kappa shape index (κ3) is 2.08. The van der Waals surface area contributed by atoms with E-state index in [1.54, 1.807) is 21.8 Å². The largest absolute Gasteiger partial charge is 0.493 e. The summed E-state index contributed by atoms with van der Waals surface area (Å²) in [6.07, 6.45) is 1.56. The molecule has 0 saturated heterocycles. The van der Waals surface area contributed by atoms with Gasteiger partial charge in [0.25, 0.3) is 0 Å². The first kappa shape index (κ1) is 11.8. The molecular formula is C11H13N3O2S. The number of thiazole rings is 1. The number of hydrogen-bond acceptors (Lipinski definition) is 5. The molecule has 0 aromatic carbocycles. The van der Waals surface area contributed by atoms with Crippen molar-refractivity contribution in [3.05, 3.63) is 28.5 Å². The molecule has 17 heavy (non-hydrogen) atoms. The second-order valence-corrected chi connectivity index (χ2v) is 4.52. The number of carbonyl (C=O) groups is 1. The molecule has 2 aromatic heterocycles. The summed E-state index contributed by atoms with van der Waals surface area (Å²) in [5.74, 6) is 0.325. The molecule has 2 rings (SSSR count). The minimum Gasteiger partial charge on any atom is -0.493 e. The van der Waals surface area contributed by atoms with E-state index in [2.05, 4.69) is 10.1 Å². The molecule has 5 nitrogen and oxygen atoms in total. The molecule has 0 amide bonds. The standard InChI is InChI=1S/C11H13N3O2S/c1-7(2)14-10(9(16-3)4-13-14)11(15)8-5-17-6-12-8/h4-7H,1-3H3. The van der Waals surface area contributed by atoms with E-state index in [0.717, 1.165) is 0 Å². The summed E-state index contributed by atoms with van der Waals surface area (Å²) in [6.45, 7) is 3.93. The van der Waals surface area contributed by atoms with Gasteiger partial charge in [-0.2, -0.15) is 5.10 Å². The van der Waals surface area contributed by atoms with Crippen LogP contribution in [0.3, 0.4) is 0 Å². The summed E-state index contributed by atoms with van der Waals surface area (Å²) in [6, 6.07) is 0.0940. The topological polar surface area (TPSA) is 57.0 Å². The lowest BCUT2D eigenvalue weighted by Crippen LogP contribution is -2.14. The molecule has 0 radical (unpaired) electrons. The summed E-state index contributed by atoms with van der Waals surface area (Å²) in [5.41, 5.74) is 2.51. The van der Waals surface area contributed by atoms with Gasteiger partial charge >= 0.3 is 0 Å². The summed E-state index contributed by atoms with van der Waals surface area (Å²) in [4.78, 5) is 16.3. The van der Waals surface area contributed by atoms with Crippen LogP contribution < -0.4 is 4.74 Å². The van der Waals surface area contributed by atoms with Crippen molar-refractivity contribution in [2.75, 3.05) is 7.11 Å². The van der Waals surface area contributed by atoms with E-state index in [1.165, 1.54) is 18.4 Å². The van der Waals surface area contributed by atoms with E-state index in [4.69, 9.17) is 4.74 Å². The van der Waals surface area contributed by atoms with Gasteiger partial charge in [0, 0.05) is 11.4 Å². The van der Waals surface area contributed by atoms with Gasteiger partial charge < -0.3 is 4.74 Å². The normalized spacial score (nSPS) is 10.8. The predicted octanol–water partition coefficient (Wildman–Crippen LogP) is 2.16. The fourth-order valence-corrected chi connectivity index (χ4v) is 2.08. The molecule has 0 atom stereocenters. The van der Waals surface area contributed by atoms with E-state index in [-0.39, 0.29) is 11.8 Å². The SMILES string of the molecule is COc1cnn(C(C)C)c1C(=O)c1cscn1. The number of nitrogens with zero attached hydrogens (tertiary/aromatic N) is 3. The molecule has 6 heteroatoms. The molecule has 0 aliphatic heterocycles. The molecule has 0 unspecified atom stereocenters. The maximum absolute atomic E-state index is 12.3. The van der Waals surface area contributed by atoms with Crippen LogP contribution in [0.1, 0.15) is 36.1 Å². The van der Waals surface area contributed by atoms with Crippen LogP contribution in [0.4, 0.5) is 0 Å².